The number of anilines is 5. The van der Waals surface area contributed by atoms with Crippen LogP contribution in [-0.2, 0) is 11.2 Å². The number of fused-ring (bicyclic) bond motifs is 4. The van der Waals surface area contributed by atoms with E-state index in [-0.39, 0.29) is 74.3 Å². The number of carbonyl (C=O) groups is 5. The van der Waals surface area contributed by atoms with Crippen LogP contribution < -0.4 is 36.1 Å². The van der Waals surface area contributed by atoms with Crippen molar-refractivity contribution < 1.29 is 58.8 Å². The number of halogens is 1. The largest absolute Gasteiger partial charge is 0.506 e. The molecule has 9 N–H and O–H groups in total. The number of phenolic OH excluding ortho intramolecular Hbond substituents is 4. The Morgan fingerprint density at radius 1 is 0.389 bits per heavy atom. The van der Waals surface area contributed by atoms with E-state index in [1.54, 1.807) is 171 Å². The van der Waals surface area contributed by atoms with Crippen LogP contribution in [0, 0.1) is 10.1 Å². The van der Waals surface area contributed by atoms with E-state index in [2.05, 4.69) is 53.5 Å². The van der Waals surface area contributed by atoms with Gasteiger partial charge in [0.2, 0.25) is 5.91 Å². The van der Waals surface area contributed by atoms with E-state index >= 15 is 0 Å². The van der Waals surface area contributed by atoms with E-state index < -0.39 is 16.7 Å². The molecule has 624 valence electrons. The number of aliphatic imine (C=N–C) groups is 4. The number of nitrogens with one attached hydrogen (secondary N) is 5. The number of amides is 5. The summed E-state index contributed by atoms with van der Waals surface area (Å²) in [4.78, 5) is 91.2. The van der Waals surface area contributed by atoms with Crippen LogP contribution in [0.25, 0.3) is 43.1 Å². The first-order valence-corrected chi connectivity index (χ1v) is 39.8. The Morgan fingerprint density at radius 2 is 0.778 bits per heavy atom. The first kappa shape index (κ1) is 86.9. The lowest BCUT2D eigenvalue weighted by atomic mass is 9.99. The van der Waals surface area contributed by atoms with Crippen LogP contribution in [0.4, 0.5) is 56.9 Å². The minimum atomic E-state index is -0.597. The molecule has 23 nitrogen and oxygen atoms in total. The number of ether oxygens (including phenoxy) is 2. The second kappa shape index (κ2) is 41.4. The number of nitro groups is 1. The SMILES string of the molecule is CCc1ccccc1N=Cc1c(O)c(C(=O)Nc2ccccc2)cc2ccccc12.COc1ccccc1NC(=O)c1cc(C=Nc2ccc(NC(C)=O)cc2)c2ccccc2c1.COc1ccccc1NC(=O)c1cc2ccccc2c(C=Nc2ccc(Cl)cc2)c1O.O=C(Nc1ccccc1)c1cc2ccccc2c(C=Nc2cc([N+](=O)[O-])ccc2O)c1O. The fourth-order valence-electron chi connectivity index (χ4n) is 13.5. The number of aromatic hydroxyl groups is 4. The van der Waals surface area contributed by atoms with Gasteiger partial charge in [-0.1, -0.05) is 194 Å². The minimum absolute atomic E-state index is 0.0391. The monoisotopic (exact) mass is 1690 g/mol. The Kier molecular flexibility index (Phi) is 28.5. The minimum Gasteiger partial charge on any atom is -0.506 e. The number of non-ortho nitro benzene ring substituents is 1. The van der Waals surface area contributed by atoms with Gasteiger partial charge in [-0.15, -0.1) is 0 Å². The van der Waals surface area contributed by atoms with Gasteiger partial charge >= 0.3 is 0 Å². The van der Waals surface area contributed by atoms with Gasteiger partial charge in [0.05, 0.1) is 64.3 Å². The Morgan fingerprint density at radius 3 is 1.25 bits per heavy atom. The molecule has 0 aromatic heterocycles. The van der Waals surface area contributed by atoms with Crippen LogP contribution in [0.5, 0.6) is 34.5 Å². The summed E-state index contributed by atoms with van der Waals surface area (Å²) in [5.41, 5.74) is 9.13. The predicted molar refractivity (Wildman–Crippen MR) is 503 cm³/mol. The third kappa shape index (κ3) is 21.8. The van der Waals surface area contributed by atoms with Crippen LogP contribution in [0.1, 0.15) is 83.1 Å². The number of hydrogen-bond acceptors (Lipinski definition) is 17. The van der Waals surface area contributed by atoms with Crippen molar-refractivity contribution in [2.24, 2.45) is 20.0 Å². The van der Waals surface area contributed by atoms with Gasteiger partial charge in [0.25, 0.3) is 29.3 Å². The summed E-state index contributed by atoms with van der Waals surface area (Å²) in [5.74, 6) is -1.35. The summed E-state index contributed by atoms with van der Waals surface area (Å²) in [7, 11) is 3.10. The molecule has 0 saturated heterocycles. The van der Waals surface area contributed by atoms with Crippen LogP contribution in [0.2, 0.25) is 5.02 Å². The van der Waals surface area contributed by atoms with E-state index in [0.717, 1.165) is 73.4 Å². The van der Waals surface area contributed by atoms with Crippen molar-refractivity contribution in [2.45, 2.75) is 20.3 Å². The van der Waals surface area contributed by atoms with E-state index in [4.69, 9.17) is 21.1 Å². The molecule has 24 heteroatoms. The van der Waals surface area contributed by atoms with Gasteiger partial charge in [-0.05, 0) is 195 Å². The normalized spacial score (nSPS) is 11.0. The number of nitro benzene ring substituents is 1. The summed E-state index contributed by atoms with van der Waals surface area (Å²) in [6.45, 7) is 3.55. The highest BCUT2D eigenvalue weighted by atomic mass is 35.5. The number of rotatable bonds is 21. The van der Waals surface area contributed by atoms with Crippen molar-refractivity contribution in [1.82, 2.24) is 0 Å². The third-order valence-electron chi connectivity index (χ3n) is 19.8. The van der Waals surface area contributed by atoms with E-state index in [1.165, 1.54) is 26.3 Å². The lowest BCUT2D eigenvalue weighted by Gasteiger charge is -2.13. The van der Waals surface area contributed by atoms with Crippen molar-refractivity contribution in [3.8, 4) is 34.5 Å². The van der Waals surface area contributed by atoms with Crippen molar-refractivity contribution in [1.29, 1.82) is 0 Å². The maximum absolute atomic E-state index is 13.0. The highest BCUT2D eigenvalue weighted by Crippen LogP contribution is 2.38. The van der Waals surface area contributed by atoms with Crippen molar-refractivity contribution in [3.63, 3.8) is 0 Å². The fraction of sp³-hybridized carbons (Fsp3) is 0.0490. The first-order chi connectivity index (χ1) is 61.2. The number of methoxy groups -OCH3 is 2. The Labute approximate surface area is 728 Å². The molecule has 0 fully saturated rings. The van der Waals surface area contributed by atoms with Gasteiger partial charge < -0.3 is 56.5 Å². The summed E-state index contributed by atoms with van der Waals surface area (Å²) < 4.78 is 10.6. The third-order valence-corrected chi connectivity index (χ3v) is 20.0. The quantitative estimate of drug-likeness (QED) is 0.0184. The molecular weight excluding hydrogens is 1610 g/mol. The van der Waals surface area contributed by atoms with Crippen molar-refractivity contribution in [3.05, 3.63) is 393 Å². The summed E-state index contributed by atoms with van der Waals surface area (Å²) >= 11 is 5.93. The molecule has 16 aromatic carbocycles. The second-order valence-electron chi connectivity index (χ2n) is 28.1. The van der Waals surface area contributed by atoms with E-state index in [9.17, 15) is 54.5 Å². The average molecular weight is 1690 g/mol. The van der Waals surface area contributed by atoms with Crippen molar-refractivity contribution >= 4 is 166 Å². The maximum Gasteiger partial charge on any atom is 0.271 e. The van der Waals surface area contributed by atoms with Gasteiger partial charge in [0.1, 0.15) is 40.2 Å². The smallest absolute Gasteiger partial charge is 0.271 e. The highest BCUT2D eigenvalue weighted by Gasteiger charge is 2.23. The zero-order chi connectivity index (χ0) is 88.6. The molecule has 5 amide bonds. The highest BCUT2D eigenvalue weighted by molar-refractivity contribution is 6.30. The summed E-state index contributed by atoms with van der Waals surface area (Å²) in [6.07, 6.45) is 7.08. The van der Waals surface area contributed by atoms with Crippen LogP contribution >= 0.6 is 11.6 Å². The van der Waals surface area contributed by atoms with Crippen LogP contribution in [0.3, 0.4) is 0 Å². The predicted octanol–water partition coefficient (Wildman–Crippen LogP) is 23.3. The standard InChI is InChI=1S/C27H23N3O3.C26H22N2O2.C25H19ClN2O3.C24H17N3O5/c1-18(31)29-23-13-11-22(12-14-23)28-17-21-16-20(15-19-7-3-4-8-24(19)21)27(32)30-25-9-5-6-10-26(25)33-2;1-2-18-10-7-9-15-24(18)27-17-23-21-14-8-6-11-19(21)16-22(25(23)29)26(30)28-20-12-4-3-5-13-20;1-31-23-9-5-4-8-22(23)28-25(30)20-14-16-6-2-3-7-19(16)21(24(20)29)15-27-18-12-10-17(26)11-13-18;28-22-11-10-17(27(31)32)13-21(22)25-14-20-18-9-5-4-6-15(18)12-19(23(20)29)24(30)26-16-7-2-1-3-8-16/h3-17H,1-2H3,(H,29,31)(H,30,32);3-17,29H,2H2,1H3,(H,28,30);2-15,29H,1H3,(H,28,30);1-14,28-29H,(H,26,30). The van der Waals surface area contributed by atoms with E-state index in [1.807, 2.05) is 164 Å². The van der Waals surface area contributed by atoms with Crippen LogP contribution in [0.15, 0.2) is 348 Å². The molecule has 0 bridgehead atoms. The Hall–Kier alpha value is -16.9. The summed E-state index contributed by atoms with van der Waals surface area (Å²) in [5, 5.41) is 75.1. The molecule has 16 aromatic rings. The molecular formula is C102H81ClN10O13. The van der Waals surface area contributed by atoms with Gasteiger partial charge in [0.15, 0.2) is 0 Å². The second-order valence-corrected chi connectivity index (χ2v) is 28.5. The Bertz CT molecular complexity index is 6870. The van der Waals surface area contributed by atoms with Crippen molar-refractivity contribution in [2.75, 3.05) is 40.8 Å². The number of phenols is 4. The first-order valence-electron chi connectivity index (χ1n) is 39.4. The van der Waals surface area contributed by atoms with Gasteiger partial charge in [-0.25, -0.2) is 0 Å². The molecule has 0 unspecified atom stereocenters. The number of nitrogens with zero attached hydrogens (tertiary/aromatic N) is 5. The lowest BCUT2D eigenvalue weighted by molar-refractivity contribution is -0.384. The molecule has 0 aliphatic carbocycles. The molecule has 0 radical (unpaired) electrons. The van der Waals surface area contributed by atoms with Gasteiger partial charge in [-0.2, -0.15) is 0 Å². The van der Waals surface area contributed by atoms with E-state index in [0.29, 0.717) is 78.1 Å². The molecule has 0 aliphatic heterocycles. The lowest BCUT2D eigenvalue weighted by Crippen LogP contribution is -2.13. The average Bonchev–Trinajstić information content (AvgIpc) is 0.786. The molecule has 0 heterocycles. The molecule has 16 rings (SSSR count). The zero-order valence-corrected chi connectivity index (χ0v) is 69.0. The number of carbonyl (C=O) groups excluding carboxylic acids is 5. The molecule has 0 aliphatic rings. The summed E-state index contributed by atoms with van der Waals surface area (Å²) in [6, 6.07) is 96.8. The topological polar surface area (TPSA) is 337 Å². The zero-order valence-electron chi connectivity index (χ0n) is 68.3. The number of benzene rings is 16. The number of aryl methyl sites for hydroxylation is 1. The molecule has 0 spiro atoms. The molecule has 0 saturated carbocycles. The fourth-order valence-corrected chi connectivity index (χ4v) is 13.6. The van der Waals surface area contributed by atoms with Gasteiger partial charge in [0, 0.05) is 93.8 Å². The number of para-hydroxylation sites is 7. The maximum atomic E-state index is 13.0. The molecule has 126 heavy (non-hydrogen) atoms. The molecule has 0 atom stereocenters. The van der Waals surface area contributed by atoms with Gasteiger partial charge in [-0.3, -0.25) is 54.1 Å². The number of hydrogen-bond donors (Lipinski definition) is 9. The van der Waals surface area contributed by atoms with Crippen LogP contribution in [-0.4, -0.2) is 94.0 Å². The Balaban J connectivity index is 0.000000144.